The number of carboxylic acid groups (broad SMARTS) is 1. The fraction of sp³-hybridized carbons (Fsp3) is 0.182. The van der Waals surface area contributed by atoms with E-state index in [0.717, 1.165) is 27.9 Å². The van der Waals surface area contributed by atoms with Crippen molar-refractivity contribution in [3.8, 4) is 22.4 Å². The Morgan fingerprint density at radius 2 is 1.39 bits per heavy atom. The average molecular weight is 375 g/mol. The van der Waals surface area contributed by atoms with Crippen molar-refractivity contribution in [1.82, 2.24) is 9.97 Å². The monoisotopic (exact) mass is 375 g/mol. The van der Waals surface area contributed by atoms with Gasteiger partial charge in [0.1, 0.15) is 5.69 Å². The van der Waals surface area contributed by atoms with Crippen molar-refractivity contribution in [3.63, 3.8) is 0 Å². The first-order valence-corrected chi connectivity index (χ1v) is 8.91. The summed E-state index contributed by atoms with van der Waals surface area (Å²) in [6, 6.07) is 15.7. The Bertz CT molecular complexity index is 1030. The summed E-state index contributed by atoms with van der Waals surface area (Å²) in [5.74, 6) is -1.39. The lowest BCUT2D eigenvalue weighted by molar-refractivity contribution is -0.136. The summed E-state index contributed by atoms with van der Waals surface area (Å²) in [5, 5.41) is 8.77. The molecule has 0 spiro atoms. The second-order valence-corrected chi connectivity index (χ2v) is 6.62. The number of carbonyl (C=O) groups is 2. The highest BCUT2D eigenvalue weighted by Crippen LogP contribution is 2.26. The number of hydrogen-bond donors (Lipinski definition) is 2. The first kappa shape index (κ1) is 19.2. The van der Waals surface area contributed by atoms with Crippen LogP contribution in [0.4, 0.5) is 0 Å². The van der Waals surface area contributed by atoms with E-state index in [9.17, 15) is 9.59 Å². The number of aliphatic carboxylic acids is 1. The van der Waals surface area contributed by atoms with Gasteiger partial charge in [0.2, 0.25) is 0 Å². The molecule has 1 aromatic heterocycles. The van der Waals surface area contributed by atoms with Gasteiger partial charge in [-0.15, -0.1) is 0 Å². The molecule has 3 rings (SSSR count). The SMILES string of the molecule is Cc1nc(C)c(-c2ccc(-c3ccc(CCC(=O)O)cc3)cc2)nc1C(N)=O. The number of primary amides is 1. The molecule has 3 aromatic rings. The van der Waals surface area contributed by atoms with Gasteiger partial charge in [-0.3, -0.25) is 14.6 Å². The van der Waals surface area contributed by atoms with Gasteiger partial charge in [0.25, 0.3) is 5.91 Å². The molecule has 2 aromatic carbocycles. The average Bonchev–Trinajstić information content (AvgIpc) is 2.67. The summed E-state index contributed by atoms with van der Waals surface area (Å²) in [5.41, 5.74) is 11.4. The van der Waals surface area contributed by atoms with Crippen molar-refractivity contribution in [3.05, 3.63) is 71.2 Å². The second-order valence-electron chi connectivity index (χ2n) is 6.62. The zero-order valence-corrected chi connectivity index (χ0v) is 15.8. The van der Waals surface area contributed by atoms with E-state index in [-0.39, 0.29) is 12.1 Å². The number of carbonyl (C=O) groups excluding carboxylic acids is 1. The Morgan fingerprint density at radius 3 is 1.93 bits per heavy atom. The summed E-state index contributed by atoms with van der Waals surface area (Å²) in [4.78, 5) is 31.0. The van der Waals surface area contributed by atoms with E-state index < -0.39 is 11.9 Å². The number of hydrogen-bond acceptors (Lipinski definition) is 4. The molecule has 0 atom stereocenters. The van der Waals surface area contributed by atoms with Gasteiger partial charge in [0.05, 0.1) is 17.1 Å². The molecular formula is C22H21N3O3. The highest BCUT2D eigenvalue weighted by atomic mass is 16.4. The quantitative estimate of drug-likeness (QED) is 0.685. The maximum Gasteiger partial charge on any atom is 0.303 e. The molecule has 0 saturated carbocycles. The van der Waals surface area contributed by atoms with E-state index in [4.69, 9.17) is 10.8 Å². The van der Waals surface area contributed by atoms with E-state index in [0.29, 0.717) is 17.8 Å². The van der Waals surface area contributed by atoms with Gasteiger partial charge >= 0.3 is 5.97 Å². The Kier molecular flexibility index (Phi) is 5.49. The first-order valence-electron chi connectivity index (χ1n) is 8.91. The van der Waals surface area contributed by atoms with E-state index in [1.54, 1.807) is 6.92 Å². The Morgan fingerprint density at radius 1 is 0.857 bits per heavy atom. The van der Waals surface area contributed by atoms with E-state index in [1.807, 2.05) is 55.5 Å². The highest BCUT2D eigenvalue weighted by Gasteiger charge is 2.14. The van der Waals surface area contributed by atoms with Crippen molar-refractivity contribution in [1.29, 1.82) is 0 Å². The van der Waals surface area contributed by atoms with Gasteiger partial charge in [-0.25, -0.2) is 4.98 Å². The van der Waals surface area contributed by atoms with Crippen molar-refractivity contribution >= 4 is 11.9 Å². The first-order chi connectivity index (χ1) is 13.3. The molecule has 6 nitrogen and oxygen atoms in total. The molecule has 0 aliphatic rings. The second kappa shape index (κ2) is 8.00. The lowest BCUT2D eigenvalue weighted by atomic mass is 10.00. The number of benzene rings is 2. The molecule has 0 saturated heterocycles. The molecule has 1 heterocycles. The van der Waals surface area contributed by atoms with Crippen LogP contribution in [-0.2, 0) is 11.2 Å². The van der Waals surface area contributed by atoms with Crippen molar-refractivity contribution in [2.24, 2.45) is 5.73 Å². The molecule has 0 aliphatic carbocycles. The van der Waals surface area contributed by atoms with Crippen LogP contribution in [0.3, 0.4) is 0 Å². The zero-order chi connectivity index (χ0) is 20.3. The minimum atomic E-state index is -0.798. The third kappa shape index (κ3) is 4.23. The van der Waals surface area contributed by atoms with Crippen LogP contribution >= 0.6 is 0 Å². The van der Waals surface area contributed by atoms with Crippen LogP contribution in [0.1, 0.15) is 33.9 Å². The maximum absolute atomic E-state index is 11.6. The largest absolute Gasteiger partial charge is 0.481 e. The minimum Gasteiger partial charge on any atom is -0.481 e. The Balaban J connectivity index is 1.85. The smallest absolute Gasteiger partial charge is 0.303 e. The third-order valence-electron chi connectivity index (χ3n) is 4.55. The number of aryl methyl sites for hydroxylation is 3. The lowest BCUT2D eigenvalue weighted by Crippen LogP contribution is -2.17. The molecular weight excluding hydrogens is 354 g/mol. The zero-order valence-electron chi connectivity index (χ0n) is 15.8. The normalized spacial score (nSPS) is 10.6. The molecule has 3 N–H and O–H groups in total. The number of carboxylic acids is 1. The van der Waals surface area contributed by atoms with Crippen LogP contribution < -0.4 is 5.73 Å². The molecule has 0 aliphatic heterocycles. The number of amides is 1. The van der Waals surface area contributed by atoms with Gasteiger partial charge < -0.3 is 10.8 Å². The maximum atomic E-state index is 11.6. The van der Waals surface area contributed by atoms with Crippen molar-refractivity contribution in [2.45, 2.75) is 26.7 Å². The Hall–Kier alpha value is -3.54. The summed E-state index contributed by atoms with van der Waals surface area (Å²) < 4.78 is 0. The molecule has 0 bridgehead atoms. The summed E-state index contributed by atoms with van der Waals surface area (Å²) in [6.07, 6.45) is 0.639. The molecule has 1 amide bonds. The molecule has 0 unspecified atom stereocenters. The molecule has 6 heteroatoms. The third-order valence-corrected chi connectivity index (χ3v) is 4.55. The van der Waals surface area contributed by atoms with Crippen molar-refractivity contribution < 1.29 is 14.7 Å². The number of aromatic nitrogens is 2. The van der Waals surface area contributed by atoms with E-state index >= 15 is 0 Å². The summed E-state index contributed by atoms with van der Waals surface area (Å²) in [6.45, 7) is 3.57. The highest BCUT2D eigenvalue weighted by molar-refractivity contribution is 5.92. The van der Waals surface area contributed by atoms with Crippen LogP contribution in [0.25, 0.3) is 22.4 Å². The Labute approximate surface area is 163 Å². The molecule has 28 heavy (non-hydrogen) atoms. The van der Waals surface area contributed by atoms with Crippen LogP contribution in [0.2, 0.25) is 0 Å². The predicted octanol–water partition coefficient (Wildman–Crippen LogP) is 3.54. The minimum absolute atomic E-state index is 0.123. The molecule has 142 valence electrons. The molecule has 0 fully saturated rings. The summed E-state index contributed by atoms with van der Waals surface area (Å²) in [7, 11) is 0. The van der Waals surface area contributed by atoms with Gasteiger partial charge in [0.15, 0.2) is 0 Å². The van der Waals surface area contributed by atoms with Crippen molar-refractivity contribution in [2.75, 3.05) is 0 Å². The van der Waals surface area contributed by atoms with E-state index in [1.165, 1.54) is 0 Å². The van der Waals surface area contributed by atoms with Crippen LogP contribution in [-0.4, -0.2) is 27.0 Å². The van der Waals surface area contributed by atoms with Gasteiger partial charge in [-0.1, -0.05) is 48.5 Å². The number of nitrogens with zero attached hydrogens (tertiary/aromatic N) is 2. The fourth-order valence-electron chi connectivity index (χ4n) is 3.07. The lowest BCUT2D eigenvalue weighted by Gasteiger charge is -2.10. The number of rotatable bonds is 6. The molecule has 0 radical (unpaired) electrons. The predicted molar refractivity (Wildman–Crippen MR) is 107 cm³/mol. The topological polar surface area (TPSA) is 106 Å². The van der Waals surface area contributed by atoms with Gasteiger partial charge in [0, 0.05) is 12.0 Å². The fourth-order valence-corrected chi connectivity index (χ4v) is 3.07. The van der Waals surface area contributed by atoms with Gasteiger partial charge in [-0.2, -0.15) is 0 Å². The standard InChI is InChI=1S/C22H21N3O3/c1-13-20(25-21(22(23)28)14(2)24-13)18-10-8-17(9-11-18)16-6-3-15(4-7-16)5-12-19(26)27/h3-4,6-11H,5,12H2,1-2H3,(H2,23,28)(H,26,27). The van der Waals surface area contributed by atoms with Crippen LogP contribution in [0, 0.1) is 13.8 Å². The number of nitrogens with two attached hydrogens (primary N) is 1. The van der Waals surface area contributed by atoms with E-state index in [2.05, 4.69) is 9.97 Å². The van der Waals surface area contributed by atoms with Gasteiger partial charge in [-0.05, 0) is 37.0 Å². The van der Waals surface area contributed by atoms with Crippen LogP contribution in [0.15, 0.2) is 48.5 Å². The summed E-state index contributed by atoms with van der Waals surface area (Å²) >= 11 is 0. The van der Waals surface area contributed by atoms with Crippen LogP contribution in [0.5, 0.6) is 0 Å².